The Hall–Kier alpha value is -3.77. The van der Waals surface area contributed by atoms with Crippen molar-refractivity contribution in [2.24, 2.45) is 0 Å². The molecule has 33 heavy (non-hydrogen) atoms. The summed E-state index contributed by atoms with van der Waals surface area (Å²) < 4.78 is 5.33. The van der Waals surface area contributed by atoms with Crippen molar-refractivity contribution in [1.82, 2.24) is 0 Å². The van der Waals surface area contributed by atoms with Gasteiger partial charge in [0.15, 0.2) is 6.10 Å². The summed E-state index contributed by atoms with van der Waals surface area (Å²) in [6.45, 7) is 5.22. The lowest BCUT2D eigenvalue weighted by molar-refractivity contribution is 0.0318. The molecule has 0 bridgehead atoms. The van der Waals surface area contributed by atoms with Gasteiger partial charge in [0.2, 0.25) is 5.78 Å². The number of ketones is 1. The van der Waals surface area contributed by atoms with E-state index in [1.54, 1.807) is 42.5 Å². The van der Waals surface area contributed by atoms with Gasteiger partial charge in [0.05, 0.1) is 22.4 Å². The molecule has 3 aromatic rings. The van der Waals surface area contributed by atoms with Crippen molar-refractivity contribution in [1.29, 1.82) is 0 Å². The first-order valence-corrected chi connectivity index (χ1v) is 10.7. The van der Waals surface area contributed by atoms with Crippen LogP contribution < -0.4 is 4.90 Å². The fraction of sp³-hybridized carbons (Fsp3) is 0.154. The van der Waals surface area contributed by atoms with E-state index in [1.807, 2.05) is 13.8 Å². The predicted molar refractivity (Wildman–Crippen MR) is 124 cm³/mol. The molecule has 4 rings (SSSR count). The molecular formula is C26H20ClNO5. The number of Topliss-reactive ketones (excluding diaryl/α,β-unsaturated/α-hetero) is 1. The molecule has 0 saturated carbocycles. The first-order chi connectivity index (χ1) is 15.7. The molecule has 6 nitrogen and oxygen atoms in total. The van der Waals surface area contributed by atoms with Crippen molar-refractivity contribution in [2.45, 2.75) is 26.9 Å². The fourth-order valence-corrected chi connectivity index (χ4v) is 3.73. The number of anilines is 1. The minimum Gasteiger partial charge on any atom is -0.451 e. The van der Waals surface area contributed by atoms with Gasteiger partial charge in [0, 0.05) is 10.6 Å². The highest BCUT2D eigenvalue weighted by Gasteiger charge is 2.37. The fourth-order valence-electron chi connectivity index (χ4n) is 3.56. The van der Waals surface area contributed by atoms with E-state index in [4.69, 9.17) is 16.3 Å². The van der Waals surface area contributed by atoms with Gasteiger partial charge in [0.1, 0.15) is 0 Å². The maximum Gasteiger partial charge on any atom is 0.338 e. The zero-order valence-corrected chi connectivity index (χ0v) is 19.0. The number of halogens is 1. The van der Waals surface area contributed by atoms with E-state index in [0.29, 0.717) is 16.3 Å². The molecule has 0 aliphatic carbocycles. The number of hydrogen-bond acceptors (Lipinski definition) is 5. The monoisotopic (exact) mass is 461 g/mol. The van der Waals surface area contributed by atoms with Crippen molar-refractivity contribution in [3.05, 3.63) is 99.1 Å². The second-order valence-corrected chi connectivity index (χ2v) is 8.32. The molecule has 1 atom stereocenters. The lowest BCUT2D eigenvalue weighted by Gasteiger charge is -2.14. The molecule has 0 spiro atoms. The first-order valence-electron chi connectivity index (χ1n) is 10.3. The number of hydrogen-bond donors (Lipinski definition) is 0. The molecule has 7 heteroatoms. The lowest BCUT2D eigenvalue weighted by Crippen LogP contribution is -2.29. The number of nitrogens with zero attached hydrogens (tertiary/aromatic N) is 1. The topological polar surface area (TPSA) is 80.8 Å². The molecule has 2 amide bonds. The Kier molecular flexibility index (Phi) is 5.87. The predicted octanol–water partition coefficient (Wildman–Crippen LogP) is 5.19. The maximum absolute atomic E-state index is 13.0. The molecule has 3 aromatic carbocycles. The van der Waals surface area contributed by atoms with E-state index >= 15 is 0 Å². The van der Waals surface area contributed by atoms with Crippen LogP contribution in [0.5, 0.6) is 0 Å². The lowest BCUT2D eigenvalue weighted by atomic mass is 10.0. The van der Waals surface area contributed by atoms with E-state index in [1.165, 1.54) is 25.1 Å². The van der Waals surface area contributed by atoms with Crippen LogP contribution in [0, 0.1) is 13.8 Å². The van der Waals surface area contributed by atoms with Gasteiger partial charge in [-0.1, -0.05) is 47.5 Å². The van der Waals surface area contributed by atoms with Crippen LogP contribution in [-0.4, -0.2) is 29.7 Å². The zero-order valence-electron chi connectivity index (χ0n) is 18.2. The molecular weight excluding hydrogens is 442 g/mol. The summed E-state index contributed by atoms with van der Waals surface area (Å²) in [4.78, 5) is 52.1. The summed E-state index contributed by atoms with van der Waals surface area (Å²) in [7, 11) is 0. The maximum atomic E-state index is 13.0. The molecule has 166 valence electrons. The largest absolute Gasteiger partial charge is 0.451 e. The number of rotatable bonds is 5. The number of amides is 2. The first kappa shape index (κ1) is 22.4. The number of esters is 1. The van der Waals surface area contributed by atoms with Crippen LogP contribution in [0.25, 0.3) is 0 Å². The van der Waals surface area contributed by atoms with Crippen LogP contribution in [0.2, 0.25) is 5.02 Å². The molecule has 1 aliphatic rings. The van der Waals surface area contributed by atoms with E-state index in [2.05, 4.69) is 0 Å². The van der Waals surface area contributed by atoms with Crippen LogP contribution >= 0.6 is 11.6 Å². The molecule has 0 fully saturated rings. The van der Waals surface area contributed by atoms with Crippen LogP contribution in [0.1, 0.15) is 59.5 Å². The van der Waals surface area contributed by atoms with Gasteiger partial charge < -0.3 is 4.74 Å². The van der Waals surface area contributed by atoms with E-state index in [0.717, 1.165) is 16.0 Å². The number of aryl methyl sites for hydroxylation is 2. The smallest absolute Gasteiger partial charge is 0.338 e. The Morgan fingerprint density at radius 3 is 2.15 bits per heavy atom. The Bertz CT molecular complexity index is 1310. The molecule has 0 aromatic heterocycles. The van der Waals surface area contributed by atoms with Crippen LogP contribution in [0.3, 0.4) is 0 Å². The molecule has 1 heterocycles. The van der Waals surface area contributed by atoms with Crippen LogP contribution in [-0.2, 0) is 4.74 Å². The highest BCUT2D eigenvalue weighted by molar-refractivity contribution is 6.36. The Balaban J connectivity index is 1.55. The number of carbonyl (C=O) groups is 4. The third-order valence-electron chi connectivity index (χ3n) is 5.53. The standard InChI is InChI=1S/C26H20ClNO5/c1-14-4-7-17(8-5-14)23(29)16(3)33-26(32)18-9-11-20-21(12-18)25(31)28(24(20)30)19-10-6-15(2)22(27)13-19/h4-13,16H,1-3H3/t16-/m0/s1. The number of ether oxygens (including phenoxy) is 1. The SMILES string of the molecule is Cc1ccc(C(=O)[C@H](C)OC(=O)c2ccc3c(c2)C(=O)N(c2ccc(C)c(Cl)c2)C3=O)cc1. The number of fused-ring (bicyclic) bond motifs is 1. The summed E-state index contributed by atoms with van der Waals surface area (Å²) in [6.07, 6.45) is -1.02. The highest BCUT2D eigenvalue weighted by atomic mass is 35.5. The zero-order chi connectivity index (χ0) is 23.9. The average Bonchev–Trinajstić information content (AvgIpc) is 3.05. The van der Waals surface area contributed by atoms with E-state index in [-0.39, 0.29) is 22.5 Å². The van der Waals surface area contributed by atoms with Gasteiger partial charge in [-0.3, -0.25) is 14.4 Å². The third kappa shape index (κ3) is 4.17. The summed E-state index contributed by atoms with van der Waals surface area (Å²) >= 11 is 6.15. The Morgan fingerprint density at radius 1 is 0.848 bits per heavy atom. The summed E-state index contributed by atoms with van der Waals surface area (Å²) in [5.41, 5.74) is 2.94. The second-order valence-electron chi connectivity index (χ2n) is 7.92. The highest BCUT2D eigenvalue weighted by Crippen LogP contribution is 2.31. The summed E-state index contributed by atoms with van der Waals surface area (Å²) in [5.74, 6) is -2.16. The Morgan fingerprint density at radius 2 is 1.48 bits per heavy atom. The van der Waals surface area contributed by atoms with E-state index < -0.39 is 23.9 Å². The molecule has 0 saturated heterocycles. The third-order valence-corrected chi connectivity index (χ3v) is 5.93. The van der Waals surface area contributed by atoms with Crippen LogP contribution in [0.15, 0.2) is 60.7 Å². The average molecular weight is 462 g/mol. The minimum absolute atomic E-state index is 0.0715. The Labute approximate surface area is 195 Å². The second kappa shape index (κ2) is 8.64. The number of benzene rings is 3. The van der Waals surface area contributed by atoms with Gasteiger partial charge in [-0.25, -0.2) is 9.69 Å². The van der Waals surface area contributed by atoms with Gasteiger partial charge >= 0.3 is 5.97 Å². The molecule has 0 radical (unpaired) electrons. The van der Waals surface area contributed by atoms with Gasteiger partial charge in [-0.2, -0.15) is 0 Å². The van der Waals surface area contributed by atoms with Crippen molar-refractivity contribution in [3.8, 4) is 0 Å². The quantitative estimate of drug-likeness (QED) is 0.297. The number of carbonyl (C=O) groups excluding carboxylic acids is 4. The van der Waals surface area contributed by atoms with Gasteiger partial charge in [0.25, 0.3) is 11.8 Å². The number of imide groups is 1. The molecule has 1 aliphatic heterocycles. The van der Waals surface area contributed by atoms with Crippen LogP contribution in [0.4, 0.5) is 5.69 Å². The summed E-state index contributed by atoms with van der Waals surface area (Å²) in [5, 5.41) is 0.431. The van der Waals surface area contributed by atoms with E-state index in [9.17, 15) is 19.2 Å². The summed E-state index contributed by atoms with van der Waals surface area (Å²) in [6, 6.07) is 16.0. The molecule has 0 N–H and O–H groups in total. The van der Waals surface area contributed by atoms with Gasteiger partial charge in [-0.15, -0.1) is 0 Å². The molecule has 0 unspecified atom stereocenters. The van der Waals surface area contributed by atoms with Crippen molar-refractivity contribution < 1.29 is 23.9 Å². The van der Waals surface area contributed by atoms with Crippen molar-refractivity contribution in [3.63, 3.8) is 0 Å². The van der Waals surface area contributed by atoms with Gasteiger partial charge in [-0.05, 0) is 56.7 Å². The van der Waals surface area contributed by atoms with Crippen molar-refractivity contribution >= 4 is 40.9 Å². The van der Waals surface area contributed by atoms with Crippen molar-refractivity contribution in [2.75, 3.05) is 4.90 Å². The normalized spacial score (nSPS) is 13.6. The minimum atomic E-state index is -1.02.